The van der Waals surface area contributed by atoms with Gasteiger partial charge in [0.15, 0.2) is 0 Å². The Labute approximate surface area is 107 Å². The van der Waals surface area contributed by atoms with Crippen LogP contribution in [-0.2, 0) is 4.79 Å². The van der Waals surface area contributed by atoms with Gasteiger partial charge >= 0.3 is 0 Å². The highest BCUT2D eigenvalue weighted by Gasteiger charge is 2.00. The van der Waals surface area contributed by atoms with Crippen LogP contribution in [0.1, 0.15) is 71.1 Å². The molecular formula is C16H28O. The minimum Gasteiger partial charge on any atom is -0.300 e. The second-order valence-electron chi connectivity index (χ2n) is 4.61. The SMILES string of the molecule is C=C/C=C/CCCCCCC(=O)CCCCC. The van der Waals surface area contributed by atoms with Crippen LogP contribution in [0.15, 0.2) is 24.8 Å². The minimum absolute atomic E-state index is 0.463. The Kier molecular flexibility index (Phi) is 12.6. The molecule has 0 unspecified atom stereocenters. The molecule has 0 aromatic rings. The Balaban J connectivity index is 3.18. The Morgan fingerprint density at radius 2 is 1.65 bits per heavy atom. The molecule has 17 heavy (non-hydrogen) atoms. The maximum atomic E-state index is 11.5. The Morgan fingerprint density at radius 3 is 2.29 bits per heavy atom. The largest absolute Gasteiger partial charge is 0.300 e. The number of hydrogen-bond acceptors (Lipinski definition) is 1. The molecule has 0 spiro atoms. The van der Waals surface area contributed by atoms with Gasteiger partial charge in [0.2, 0.25) is 0 Å². The van der Waals surface area contributed by atoms with Crippen molar-refractivity contribution in [1.29, 1.82) is 0 Å². The molecule has 0 aliphatic heterocycles. The van der Waals surface area contributed by atoms with Crippen LogP contribution in [0.2, 0.25) is 0 Å². The number of Topliss-reactive ketones (excluding diaryl/α,β-unsaturated/α-hetero) is 1. The maximum absolute atomic E-state index is 11.5. The number of unbranched alkanes of at least 4 members (excludes halogenated alkanes) is 6. The molecule has 0 aliphatic rings. The molecule has 0 saturated carbocycles. The summed E-state index contributed by atoms with van der Waals surface area (Å²) in [6.07, 6.45) is 16.9. The van der Waals surface area contributed by atoms with Gasteiger partial charge in [-0.2, -0.15) is 0 Å². The predicted molar refractivity (Wildman–Crippen MR) is 76.2 cm³/mol. The Hall–Kier alpha value is -0.850. The van der Waals surface area contributed by atoms with Crippen molar-refractivity contribution in [2.75, 3.05) is 0 Å². The van der Waals surface area contributed by atoms with E-state index < -0.39 is 0 Å². The maximum Gasteiger partial charge on any atom is 0.132 e. The smallest absolute Gasteiger partial charge is 0.132 e. The molecule has 0 heterocycles. The van der Waals surface area contributed by atoms with E-state index in [-0.39, 0.29) is 0 Å². The predicted octanol–water partition coefficient (Wildman–Crippen LogP) is 5.22. The number of hydrogen-bond donors (Lipinski definition) is 0. The third-order valence-corrected chi connectivity index (χ3v) is 2.91. The fraction of sp³-hybridized carbons (Fsp3) is 0.688. The van der Waals surface area contributed by atoms with Crippen molar-refractivity contribution in [3.63, 3.8) is 0 Å². The number of rotatable bonds is 12. The van der Waals surface area contributed by atoms with Gasteiger partial charge in [0.25, 0.3) is 0 Å². The number of carbonyl (C=O) groups is 1. The zero-order chi connectivity index (χ0) is 12.8. The summed E-state index contributed by atoms with van der Waals surface area (Å²) < 4.78 is 0. The van der Waals surface area contributed by atoms with E-state index in [0.29, 0.717) is 5.78 Å². The molecule has 1 nitrogen and oxygen atoms in total. The average molecular weight is 236 g/mol. The van der Waals surface area contributed by atoms with Crippen molar-refractivity contribution in [2.24, 2.45) is 0 Å². The molecule has 0 amide bonds. The fourth-order valence-corrected chi connectivity index (χ4v) is 1.83. The molecule has 0 bridgehead atoms. The second kappa shape index (κ2) is 13.2. The highest BCUT2D eigenvalue weighted by atomic mass is 16.1. The number of ketones is 1. The number of allylic oxidation sites excluding steroid dienone is 3. The lowest BCUT2D eigenvalue weighted by molar-refractivity contribution is -0.119. The fourth-order valence-electron chi connectivity index (χ4n) is 1.83. The summed E-state index contributed by atoms with van der Waals surface area (Å²) in [4.78, 5) is 11.5. The lowest BCUT2D eigenvalue weighted by Crippen LogP contribution is -1.97. The first-order chi connectivity index (χ1) is 8.31. The molecule has 1 heteroatoms. The summed E-state index contributed by atoms with van der Waals surface area (Å²) in [5.74, 6) is 0.463. The van der Waals surface area contributed by atoms with Gasteiger partial charge in [-0.15, -0.1) is 0 Å². The molecule has 0 N–H and O–H groups in total. The van der Waals surface area contributed by atoms with E-state index in [0.717, 1.165) is 32.1 Å². The monoisotopic (exact) mass is 236 g/mol. The molecule has 98 valence electrons. The zero-order valence-electron chi connectivity index (χ0n) is 11.4. The van der Waals surface area contributed by atoms with Gasteiger partial charge in [0, 0.05) is 12.8 Å². The van der Waals surface area contributed by atoms with Gasteiger partial charge in [0.05, 0.1) is 0 Å². The molecule has 0 aliphatic carbocycles. The van der Waals surface area contributed by atoms with Crippen molar-refractivity contribution in [3.8, 4) is 0 Å². The van der Waals surface area contributed by atoms with Crippen molar-refractivity contribution in [2.45, 2.75) is 71.1 Å². The van der Waals surface area contributed by atoms with Gasteiger partial charge in [-0.05, 0) is 25.7 Å². The van der Waals surface area contributed by atoms with Crippen molar-refractivity contribution in [3.05, 3.63) is 24.8 Å². The van der Waals surface area contributed by atoms with Gasteiger partial charge in [-0.1, -0.05) is 57.4 Å². The van der Waals surface area contributed by atoms with Crippen LogP contribution in [0, 0.1) is 0 Å². The minimum atomic E-state index is 0.463. The summed E-state index contributed by atoms with van der Waals surface area (Å²) in [7, 11) is 0. The van der Waals surface area contributed by atoms with Gasteiger partial charge in [-0.25, -0.2) is 0 Å². The van der Waals surface area contributed by atoms with Crippen LogP contribution in [0.4, 0.5) is 0 Å². The normalized spacial score (nSPS) is 10.9. The van der Waals surface area contributed by atoms with Crippen LogP contribution in [0.5, 0.6) is 0 Å². The number of carbonyl (C=O) groups excluding carboxylic acids is 1. The molecular weight excluding hydrogens is 208 g/mol. The topological polar surface area (TPSA) is 17.1 Å². The lowest BCUT2D eigenvalue weighted by atomic mass is 10.0. The first kappa shape index (κ1) is 16.1. The average Bonchev–Trinajstić information content (AvgIpc) is 2.33. The van der Waals surface area contributed by atoms with E-state index >= 15 is 0 Å². The van der Waals surface area contributed by atoms with E-state index in [1.54, 1.807) is 0 Å². The summed E-state index contributed by atoms with van der Waals surface area (Å²) in [6.45, 7) is 5.81. The molecule has 0 rings (SSSR count). The molecule has 0 aromatic carbocycles. The van der Waals surface area contributed by atoms with E-state index in [2.05, 4.69) is 19.6 Å². The summed E-state index contributed by atoms with van der Waals surface area (Å²) in [5, 5.41) is 0. The van der Waals surface area contributed by atoms with Gasteiger partial charge in [-0.3, -0.25) is 4.79 Å². The third-order valence-electron chi connectivity index (χ3n) is 2.91. The first-order valence-corrected chi connectivity index (χ1v) is 7.10. The molecule has 0 radical (unpaired) electrons. The van der Waals surface area contributed by atoms with Crippen molar-refractivity contribution < 1.29 is 4.79 Å². The Morgan fingerprint density at radius 1 is 1.00 bits per heavy atom. The van der Waals surface area contributed by atoms with E-state index in [1.165, 1.54) is 32.1 Å². The van der Waals surface area contributed by atoms with Gasteiger partial charge in [0.1, 0.15) is 5.78 Å². The van der Waals surface area contributed by atoms with Crippen LogP contribution >= 0.6 is 0 Å². The van der Waals surface area contributed by atoms with Gasteiger partial charge < -0.3 is 0 Å². The standard InChI is InChI=1S/C16H28O/c1-3-5-7-8-9-10-11-13-15-16(17)14-12-6-4-2/h3,5,7H,1,4,6,8-15H2,2H3/b7-5+. The van der Waals surface area contributed by atoms with Crippen molar-refractivity contribution >= 4 is 5.78 Å². The first-order valence-electron chi connectivity index (χ1n) is 7.10. The third kappa shape index (κ3) is 13.1. The molecule has 0 aromatic heterocycles. The van der Waals surface area contributed by atoms with E-state index in [9.17, 15) is 4.79 Å². The Bertz CT molecular complexity index is 216. The van der Waals surface area contributed by atoms with Crippen molar-refractivity contribution in [1.82, 2.24) is 0 Å². The summed E-state index contributed by atoms with van der Waals surface area (Å²) in [5.41, 5.74) is 0. The van der Waals surface area contributed by atoms with E-state index in [1.807, 2.05) is 12.2 Å². The summed E-state index contributed by atoms with van der Waals surface area (Å²) >= 11 is 0. The zero-order valence-corrected chi connectivity index (χ0v) is 11.4. The quantitative estimate of drug-likeness (QED) is 0.335. The molecule has 0 atom stereocenters. The van der Waals surface area contributed by atoms with Crippen LogP contribution in [0.25, 0.3) is 0 Å². The lowest BCUT2D eigenvalue weighted by Gasteiger charge is -2.00. The highest BCUT2D eigenvalue weighted by molar-refractivity contribution is 5.78. The van der Waals surface area contributed by atoms with Crippen LogP contribution < -0.4 is 0 Å². The second-order valence-corrected chi connectivity index (χ2v) is 4.61. The molecule has 0 saturated heterocycles. The highest BCUT2D eigenvalue weighted by Crippen LogP contribution is 2.09. The van der Waals surface area contributed by atoms with Crippen LogP contribution in [-0.4, -0.2) is 5.78 Å². The van der Waals surface area contributed by atoms with Crippen LogP contribution in [0.3, 0.4) is 0 Å². The molecule has 0 fully saturated rings. The summed E-state index contributed by atoms with van der Waals surface area (Å²) in [6, 6.07) is 0. The van der Waals surface area contributed by atoms with E-state index in [4.69, 9.17) is 0 Å².